The van der Waals surface area contributed by atoms with Crippen LogP contribution < -0.4 is 5.32 Å². The fourth-order valence-corrected chi connectivity index (χ4v) is 3.15. The molecule has 0 aromatic carbocycles. The van der Waals surface area contributed by atoms with E-state index in [0.717, 1.165) is 30.0 Å². The van der Waals surface area contributed by atoms with Crippen molar-refractivity contribution in [3.8, 4) is 0 Å². The van der Waals surface area contributed by atoms with Crippen LogP contribution in [0.2, 0.25) is 5.02 Å². The second kappa shape index (κ2) is 8.88. The van der Waals surface area contributed by atoms with Gasteiger partial charge in [-0.1, -0.05) is 24.4 Å². The summed E-state index contributed by atoms with van der Waals surface area (Å²) in [6, 6.07) is 2.00. The number of nitrogens with one attached hydrogen (secondary N) is 1. The lowest BCUT2D eigenvalue weighted by Crippen LogP contribution is -2.40. The van der Waals surface area contributed by atoms with E-state index in [2.05, 4.69) is 26.8 Å². The van der Waals surface area contributed by atoms with E-state index in [4.69, 9.17) is 11.6 Å². The van der Waals surface area contributed by atoms with Crippen molar-refractivity contribution in [2.45, 2.75) is 32.2 Å². The van der Waals surface area contributed by atoms with Gasteiger partial charge in [-0.15, -0.1) is 24.0 Å². The van der Waals surface area contributed by atoms with Gasteiger partial charge in [-0.2, -0.15) is 0 Å². The zero-order valence-corrected chi connectivity index (χ0v) is 16.2. The second-order valence-corrected chi connectivity index (χ2v) is 6.13. The molecule has 0 unspecified atom stereocenters. The van der Waals surface area contributed by atoms with Crippen molar-refractivity contribution in [3.63, 3.8) is 0 Å². The largest absolute Gasteiger partial charge is 0.356 e. The van der Waals surface area contributed by atoms with Gasteiger partial charge in [-0.3, -0.25) is 4.99 Å². The van der Waals surface area contributed by atoms with Gasteiger partial charge in [0.25, 0.3) is 0 Å². The van der Waals surface area contributed by atoms with Gasteiger partial charge in [-0.25, -0.2) is 0 Å². The number of aromatic nitrogens is 1. The Morgan fingerprint density at radius 2 is 2.14 bits per heavy atom. The Balaban J connectivity index is 0.00000220. The average Bonchev–Trinajstić information content (AvgIpc) is 3.01. The molecule has 1 aliphatic carbocycles. The van der Waals surface area contributed by atoms with E-state index in [-0.39, 0.29) is 24.0 Å². The van der Waals surface area contributed by atoms with Crippen molar-refractivity contribution < 1.29 is 0 Å². The summed E-state index contributed by atoms with van der Waals surface area (Å²) in [5, 5.41) is 4.27. The van der Waals surface area contributed by atoms with Crippen LogP contribution in [0.4, 0.5) is 0 Å². The molecule has 0 bridgehead atoms. The molecule has 0 radical (unpaired) electrons. The fourth-order valence-electron chi connectivity index (χ4n) is 2.88. The van der Waals surface area contributed by atoms with Crippen LogP contribution in [0.3, 0.4) is 0 Å². The predicted molar refractivity (Wildman–Crippen MR) is 101 cm³/mol. The van der Waals surface area contributed by atoms with Crippen molar-refractivity contribution in [1.29, 1.82) is 0 Å². The van der Waals surface area contributed by atoms with Gasteiger partial charge in [-0.05, 0) is 24.8 Å². The zero-order chi connectivity index (χ0) is 14.5. The zero-order valence-electron chi connectivity index (χ0n) is 13.1. The number of aryl methyl sites for hydroxylation is 1. The summed E-state index contributed by atoms with van der Waals surface area (Å²) < 4.78 is 2.06. The summed E-state index contributed by atoms with van der Waals surface area (Å²) in [6.07, 6.45) is 7.38. The molecule has 0 atom stereocenters. The molecule has 1 N–H and O–H groups in total. The van der Waals surface area contributed by atoms with Gasteiger partial charge in [0.15, 0.2) is 5.96 Å². The molecule has 1 aliphatic rings. The molecule has 0 amide bonds. The molecule has 6 heteroatoms. The van der Waals surface area contributed by atoms with Crippen LogP contribution in [-0.2, 0) is 13.6 Å². The number of rotatable bonds is 4. The third-order valence-electron chi connectivity index (χ3n) is 4.07. The maximum atomic E-state index is 6.02. The van der Waals surface area contributed by atoms with Crippen molar-refractivity contribution >= 4 is 41.5 Å². The third-order valence-corrected chi connectivity index (χ3v) is 4.28. The fraction of sp³-hybridized carbons (Fsp3) is 0.667. The molecule has 1 aromatic rings. The van der Waals surface area contributed by atoms with E-state index in [1.54, 1.807) is 0 Å². The third kappa shape index (κ3) is 5.36. The highest BCUT2D eigenvalue weighted by Crippen LogP contribution is 2.23. The van der Waals surface area contributed by atoms with E-state index < -0.39 is 0 Å². The Kier molecular flexibility index (Phi) is 7.87. The maximum Gasteiger partial charge on any atom is 0.193 e. The number of hydrogen-bond acceptors (Lipinski definition) is 1. The van der Waals surface area contributed by atoms with Crippen LogP contribution in [-0.4, -0.2) is 36.1 Å². The minimum atomic E-state index is 0. The van der Waals surface area contributed by atoms with E-state index in [1.807, 2.05) is 26.4 Å². The molecule has 1 aromatic heterocycles. The minimum Gasteiger partial charge on any atom is -0.356 e. The van der Waals surface area contributed by atoms with Gasteiger partial charge in [0.2, 0.25) is 0 Å². The molecule has 0 spiro atoms. The molecule has 0 saturated heterocycles. The summed E-state index contributed by atoms with van der Waals surface area (Å²) >= 11 is 6.02. The summed E-state index contributed by atoms with van der Waals surface area (Å²) in [4.78, 5) is 6.51. The van der Waals surface area contributed by atoms with Crippen LogP contribution in [0, 0.1) is 5.92 Å². The van der Waals surface area contributed by atoms with Crippen LogP contribution in [0.15, 0.2) is 17.3 Å². The molecule has 4 nitrogen and oxygen atoms in total. The number of hydrogen-bond donors (Lipinski definition) is 1. The summed E-state index contributed by atoms with van der Waals surface area (Å²) in [6.45, 7) is 1.83. The first-order chi connectivity index (χ1) is 9.60. The lowest BCUT2D eigenvalue weighted by Gasteiger charge is -2.23. The predicted octanol–water partition coefficient (Wildman–Crippen LogP) is 3.49. The van der Waals surface area contributed by atoms with Crippen LogP contribution in [0.25, 0.3) is 0 Å². The molecule has 1 saturated carbocycles. The molecule has 2 rings (SSSR count). The van der Waals surface area contributed by atoms with Gasteiger partial charge < -0.3 is 14.8 Å². The van der Waals surface area contributed by atoms with Crippen LogP contribution >= 0.6 is 35.6 Å². The first kappa shape index (κ1) is 18.6. The standard InChI is InChI=1S/C15H25ClN4.HI/c1-17-15(18-9-12-6-4-5-7-12)20(3)11-14-8-13(16)10-19(14)2;/h8,10,12H,4-7,9,11H2,1-3H3,(H,17,18);1H. The highest BCUT2D eigenvalue weighted by molar-refractivity contribution is 14.0. The average molecular weight is 425 g/mol. The van der Waals surface area contributed by atoms with Gasteiger partial charge in [0.1, 0.15) is 0 Å². The molecule has 120 valence electrons. The van der Waals surface area contributed by atoms with Gasteiger partial charge in [0, 0.05) is 39.6 Å². The van der Waals surface area contributed by atoms with E-state index in [1.165, 1.54) is 31.4 Å². The Labute approximate surface area is 150 Å². The van der Waals surface area contributed by atoms with Crippen molar-refractivity contribution in [1.82, 2.24) is 14.8 Å². The van der Waals surface area contributed by atoms with Gasteiger partial charge in [0.05, 0.1) is 11.6 Å². The smallest absolute Gasteiger partial charge is 0.193 e. The SMILES string of the molecule is CN=C(NCC1CCCC1)N(C)Cc1cc(Cl)cn1C.I. The first-order valence-corrected chi connectivity index (χ1v) is 7.70. The Hall–Kier alpha value is -0.430. The number of halogens is 2. The van der Waals surface area contributed by atoms with E-state index in [9.17, 15) is 0 Å². The minimum absolute atomic E-state index is 0. The van der Waals surface area contributed by atoms with Gasteiger partial charge >= 0.3 is 0 Å². The van der Waals surface area contributed by atoms with Crippen LogP contribution in [0.5, 0.6) is 0 Å². The van der Waals surface area contributed by atoms with Crippen molar-refractivity contribution in [2.24, 2.45) is 18.0 Å². The number of guanidine groups is 1. The summed E-state index contributed by atoms with van der Waals surface area (Å²) in [5.41, 5.74) is 1.18. The normalized spacial score (nSPS) is 15.9. The highest BCUT2D eigenvalue weighted by Gasteiger charge is 2.16. The molecule has 1 fully saturated rings. The monoisotopic (exact) mass is 424 g/mol. The lowest BCUT2D eigenvalue weighted by molar-refractivity contribution is 0.446. The topological polar surface area (TPSA) is 32.6 Å². The maximum absolute atomic E-state index is 6.02. The molecular weight excluding hydrogens is 399 g/mol. The molecular formula is C15H26ClIN4. The Bertz CT molecular complexity index is 466. The lowest BCUT2D eigenvalue weighted by atomic mass is 10.1. The second-order valence-electron chi connectivity index (χ2n) is 5.70. The van der Waals surface area contributed by atoms with Crippen LogP contribution in [0.1, 0.15) is 31.4 Å². The summed E-state index contributed by atoms with van der Waals surface area (Å²) in [5.74, 6) is 1.76. The number of aliphatic imine (C=N–C) groups is 1. The Morgan fingerprint density at radius 3 is 2.67 bits per heavy atom. The van der Waals surface area contributed by atoms with E-state index >= 15 is 0 Å². The molecule has 1 heterocycles. The highest BCUT2D eigenvalue weighted by atomic mass is 127. The molecule has 21 heavy (non-hydrogen) atoms. The quantitative estimate of drug-likeness (QED) is 0.456. The number of nitrogens with zero attached hydrogens (tertiary/aromatic N) is 3. The Morgan fingerprint density at radius 1 is 1.48 bits per heavy atom. The molecule has 0 aliphatic heterocycles. The van der Waals surface area contributed by atoms with E-state index in [0.29, 0.717) is 0 Å². The van der Waals surface area contributed by atoms with Crippen molar-refractivity contribution in [3.05, 3.63) is 23.0 Å². The van der Waals surface area contributed by atoms with Crippen molar-refractivity contribution in [2.75, 3.05) is 20.6 Å². The summed E-state index contributed by atoms with van der Waals surface area (Å²) in [7, 11) is 5.92. The first-order valence-electron chi connectivity index (χ1n) is 7.32.